The molecule has 23 heavy (non-hydrogen) atoms. The molecule has 7 heteroatoms. The average molecular weight is 323 g/mol. The van der Waals surface area contributed by atoms with Crippen molar-refractivity contribution >= 4 is 5.96 Å². The third kappa shape index (κ3) is 5.20. The van der Waals surface area contributed by atoms with Gasteiger partial charge in [-0.15, -0.1) is 0 Å². The first-order valence-electron chi connectivity index (χ1n) is 8.32. The molecule has 2 heterocycles. The van der Waals surface area contributed by atoms with Crippen LogP contribution in [0.25, 0.3) is 0 Å². The van der Waals surface area contributed by atoms with Crippen LogP contribution in [0.3, 0.4) is 0 Å². The van der Waals surface area contributed by atoms with Crippen molar-refractivity contribution in [2.75, 3.05) is 19.7 Å². The molecule has 1 aromatic rings. The summed E-state index contributed by atoms with van der Waals surface area (Å²) in [6.45, 7) is 13.0. The van der Waals surface area contributed by atoms with Crippen molar-refractivity contribution in [1.29, 1.82) is 0 Å². The number of nitrogens with one attached hydrogen (secondary N) is 2. The maximum absolute atomic E-state index is 5.79. The van der Waals surface area contributed by atoms with Gasteiger partial charge in [0.15, 0.2) is 11.8 Å². The lowest BCUT2D eigenvalue weighted by Crippen LogP contribution is -2.45. The van der Waals surface area contributed by atoms with Crippen molar-refractivity contribution in [2.24, 2.45) is 4.99 Å². The molecule has 1 aromatic heterocycles. The highest BCUT2D eigenvalue weighted by atomic mass is 16.5. The molecule has 0 radical (unpaired) electrons. The summed E-state index contributed by atoms with van der Waals surface area (Å²) in [5.74, 6) is 1.97. The van der Waals surface area contributed by atoms with Gasteiger partial charge in [0, 0.05) is 25.1 Å². The molecule has 130 valence electrons. The fraction of sp³-hybridized carbons (Fsp3) is 0.812. The zero-order valence-corrected chi connectivity index (χ0v) is 14.9. The molecular weight excluding hydrogens is 294 g/mol. The molecule has 0 spiro atoms. The number of hydrogen-bond acceptors (Lipinski definition) is 5. The van der Waals surface area contributed by atoms with E-state index in [0.29, 0.717) is 18.3 Å². The van der Waals surface area contributed by atoms with Crippen LogP contribution in [0.1, 0.15) is 59.2 Å². The molecule has 2 rings (SSSR count). The van der Waals surface area contributed by atoms with E-state index in [0.717, 1.165) is 38.5 Å². The topological polar surface area (TPSA) is 84.6 Å². The van der Waals surface area contributed by atoms with Crippen LogP contribution >= 0.6 is 0 Å². The quantitative estimate of drug-likeness (QED) is 0.637. The minimum Gasteiger partial charge on any atom is -0.373 e. The van der Waals surface area contributed by atoms with E-state index in [4.69, 9.17) is 9.26 Å². The second-order valence-electron chi connectivity index (χ2n) is 7.22. The predicted octanol–water partition coefficient (Wildman–Crippen LogP) is 1.99. The van der Waals surface area contributed by atoms with Gasteiger partial charge in [-0.25, -0.2) is 4.99 Å². The number of aromatic nitrogens is 2. The molecule has 1 atom stereocenters. The Morgan fingerprint density at radius 3 is 2.70 bits per heavy atom. The number of aliphatic imine (C=N–C) groups is 1. The first-order valence-corrected chi connectivity index (χ1v) is 8.32. The van der Waals surface area contributed by atoms with Gasteiger partial charge in [0.05, 0.1) is 5.60 Å². The highest BCUT2D eigenvalue weighted by Crippen LogP contribution is 2.23. The fourth-order valence-corrected chi connectivity index (χ4v) is 2.36. The van der Waals surface area contributed by atoms with E-state index in [1.165, 1.54) is 0 Å². The van der Waals surface area contributed by atoms with Gasteiger partial charge in [-0.3, -0.25) is 0 Å². The van der Waals surface area contributed by atoms with E-state index in [1.54, 1.807) is 0 Å². The fourth-order valence-electron chi connectivity index (χ4n) is 2.36. The summed E-state index contributed by atoms with van der Waals surface area (Å²) in [5.41, 5.74) is -0.256. The first-order chi connectivity index (χ1) is 10.8. The molecule has 1 aliphatic rings. The van der Waals surface area contributed by atoms with Crippen molar-refractivity contribution in [3.63, 3.8) is 0 Å². The van der Waals surface area contributed by atoms with Crippen LogP contribution < -0.4 is 10.6 Å². The van der Waals surface area contributed by atoms with Gasteiger partial charge in [0.1, 0.15) is 6.54 Å². The number of rotatable bonds is 5. The summed E-state index contributed by atoms with van der Waals surface area (Å²) < 4.78 is 11.1. The lowest BCUT2D eigenvalue weighted by Gasteiger charge is -2.24. The SMILES string of the molecule is CCNC(=NCc1noc(C(C)(C)C)n1)NCC1(C)CCCO1. The van der Waals surface area contributed by atoms with E-state index in [9.17, 15) is 0 Å². The maximum Gasteiger partial charge on any atom is 0.232 e. The standard InChI is InChI=1S/C16H29N5O2/c1-6-17-14(19-11-16(5)8-7-9-22-16)18-10-12-20-13(23-21-12)15(2,3)4/h6-11H2,1-5H3,(H2,17,18,19). The maximum atomic E-state index is 5.79. The Morgan fingerprint density at radius 1 is 1.35 bits per heavy atom. The predicted molar refractivity (Wildman–Crippen MR) is 89.4 cm³/mol. The largest absolute Gasteiger partial charge is 0.373 e. The second kappa shape index (κ2) is 7.29. The normalized spacial score (nSPS) is 22.4. The Bertz CT molecular complexity index is 527. The summed E-state index contributed by atoms with van der Waals surface area (Å²) in [6.07, 6.45) is 2.18. The van der Waals surface area contributed by atoms with E-state index in [-0.39, 0.29) is 11.0 Å². The van der Waals surface area contributed by atoms with Crippen LogP contribution in [0, 0.1) is 0 Å². The summed E-state index contributed by atoms with van der Waals surface area (Å²) >= 11 is 0. The number of hydrogen-bond donors (Lipinski definition) is 2. The van der Waals surface area contributed by atoms with Crippen LogP contribution in [0.5, 0.6) is 0 Å². The van der Waals surface area contributed by atoms with Crippen LogP contribution in [0.4, 0.5) is 0 Å². The number of guanidine groups is 1. The Morgan fingerprint density at radius 2 is 2.13 bits per heavy atom. The molecule has 7 nitrogen and oxygen atoms in total. The third-order valence-corrected chi connectivity index (χ3v) is 3.76. The van der Waals surface area contributed by atoms with Gasteiger partial charge in [0.2, 0.25) is 5.89 Å². The molecule has 1 fully saturated rings. The molecule has 1 saturated heterocycles. The summed E-state index contributed by atoms with van der Waals surface area (Å²) in [4.78, 5) is 8.92. The lowest BCUT2D eigenvalue weighted by molar-refractivity contribution is 0.0243. The van der Waals surface area contributed by atoms with E-state index in [2.05, 4.69) is 32.7 Å². The third-order valence-electron chi connectivity index (χ3n) is 3.76. The highest BCUT2D eigenvalue weighted by Gasteiger charge is 2.29. The molecule has 1 unspecified atom stereocenters. The Balaban J connectivity index is 1.94. The van der Waals surface area contributed by atoms with Crippen molar-refractivity contribution in [1.82, 2.24) is 20.8 Å². The average Bonchev–Trinajstić information content (AvgIpc) is 3.11. The van der Waals surface area contributed by atoms with E-state index < -0.39 is 0 Å². The molecule has 0 amide bonds. The first kappa shape index (κ1) is 17.7. The monoisotopic (exact) mass is 323 g/mol. The minimum atomic E-state index is -0.147. The van der Waals surface area contributed by atoms with Gasteiger partial charge >= 0.3 is 0 Å². The zero-order chi connectivity index (χ0) is 16.9. The molecule has 1 aliphatic heterocycles. The van der Waals surface area contributed by atoms with Gasteiger partial charge in [-0.2, -0.15) is 4.98 Å². The Hall–Kier alpha value is -1.63. The van der Waals surface area contributed by atoms with E-state index >= 15 is 0 Å². The van der Waals surface area contributed by atoms with Gasteiger partial charge in [-0.05, 0) is 26.7 Å². The van der Waals surface area contributed by atoms with Gasteiger partial charge < -0.3 is 19.9 Å². The smallest absolute Gasteiger partial charge is 0.232 e. The molecular formula is C16H29N5O2. The summed E-state index contributed by atoms with van der Waals surface area (Å²) in [6, 6.07) is 0. The highest BCUT2D eigenvalue weighted by molar-refractivity contribution is 5.79. The number of ether oxygens (including phenoxy) is 1. The van der Waals surface area contributed by atoms with Crippen molar-refractivity contribution in [2.45, 2.75) is 65.0 Å². The van der Waals surface area contributed by atoms with Gasteiger partial charge in [0.25, 0.3) is 0 Å². The van der Waals surface area contributed by atoms with Crippen LogP contribution in [-0.4, -0.2) is 41.4 Å². The van der Waals surface area contributed by atoms with Crippen molar-refractivity contribution in [3.8, 4) is 0 Å². The zero-order valence-electron chi connectivity index (χ0n) is 14.9. The number of nitrogens with zero attached hydrogens (tertiary/aromatic N) is 3. The van der Waals surface area contributed by atoms with Crippen LogP contribution in [-0.2, 0) is 16.7 Å². The second-order valence-corrected chi connectivity index (χ2v) is 7.22. The van der Waals surface area contributed by atoms with Crippen molar-refractivity contribution < 1.29 is 9.26 Å². The van der Waals surface area contributed by atoms with E-state index in [1.807, 2.05) is 27.7 Å². The van der Waals surface area contributed by atoms with Gasteiger partial charge in [-0.1, -0.05) is 25.9 Å². The lowest BCUT2D eigenvalue weighted by atomic mass is 9.97. The molecule has 0 aliphatic carbocycles. The molecule has 0 bridgehead atoms. The Kier molecular flexibility index (Phi) is 5.62. The van der Waals surface area contributed by atoms with Crippen LogP contribution in [0.2, 0.25) is 0 Å². The minimum absolute atomic E-state index is 0.109. The summed E-state index contributed by atoms with van der Waals surface area (Å²) in [7, 11) is 0. The Labute approximate surface area is 138 Å². The molecule has 0 saturated carbocycles. The molecule has 0 aromatic carbocycles. The summed E-state index contributed by atoms with van der Waals surface area (Å²) in [5, 5.41) is 10.6. The van der Waals surface area contributed by atoms with Crippen LogP contribution in [0.15, 0.2) is 9.52 Å². The van der Waals surface area contributed by atoms with Crippen molar-refractivity contribution in [3.05, 3.63) is 11.7 Å². The molecule has 2 N–H and O–H groups in total.